The van der Waals surface area contributed by atoms with Crippen LogP contribution in [0.1, 0.15) is 37.5 Å². The number of sulfonamides is 1. The third kappa shape index (κ3) is 8.77. The highest BCUT2D eigenvalue weighted by Gasteiger charge is 2.42. The summed E-state index contributed by atoms with van der Waals surface area (Å²) in [7, 11) is -4.67. The van der Waals surface area contributed by atoms with Crippen molar-refractivity contribution in [2.75, 3.05) is 13.2 Å². The molecule has 11 nitrogen and oxygen atoms in total. The Hall–Kier alpha value is -3.97. The van der Waals surface area contributed by atoms with E-state index < -0.39 is 38.7 Å². The van der Waals surface area contributed by atoms with E-state index >= 15 is 0 Å². The Morgan fingerprint density at radius 3 is 2.58 bits per heavy atom. The second kappa shape index (κ2) is 13.6. The molecule has 0 fully saturated rings. The third-order valence-corrected chi connectivity index (χ3v) is 7.56. The molecule has 0 aliphatic heterocycles. The number of carbonyl (C=O) groups excluding carboxylic acids is 1. The minimum atomic E-state index is -5.39. The number of ether oxygens (including phenoxy) is 1. The Kier molecular flexibility index (Phi) is 10.6. The topological polar surface area (TPSA) is 156 Å². The summed E-state index contributed by atoms with van der Waals surface area (Å²) in [5, 5.41) is 27.4. The van der Waals surface area contributed by atoms with E-state index in [1.165, 1.54) is 29.3 Å². The van der Waals surface area contributed by atoms with Crippen LogP contribution in [-0.4, -0.2) is 60.2 Å². The van der Waals surface area contributed by atoms with Gasteiger partial charge in [-0.25, -0.2) is 13.2 Å². The summed E-state index contributed by atoms with van der Waals surface area (Å²) in [6.07, 6.45) is -4.45. The minimum absolute atomic E-state index is 0.0688. The molecule has 43 heavy (non-hydrogen) atoms. The molecule has 1 aromatic heterocycles. The molecule has 0 spiro atoms. The van der Waals surface area contributed by atoms with Gasteiger partial charge in [-0.1, -0.05) is 18.2 Å². The summed E-state index contributed by atoms with van der Waals surface area (Å²) in [6, 6.07) is 12.9. The molecule has 3 aromatic rings. The van der Waals surface area contributed by atoms with Gasteiger partial charge in [0.15, 0.2) is 0 Å². The fourth-order valence-corrected chi connectivity index (χ4v) is 5.01. The summed E-state index contributed by atoms with van der Waals surface area (Å²) < 4.78 is 70.1. The molecule has 0 unspecified atom stereocenters. The number of halogens is 3. The molecule has 1 heterocycles. The van der Waals surface area contributed by atoms with E-state index in [4.69, 9.17) is 4.74 Å². The standard InChI is InChI=1S/C28H32F3N5O6S/c1-5-36-24(11-12-34-36)22-13-21(43(39,40)35-42-26(38)28(29,30)31)10-9-19(22)14-27(3,4)33-16-20(37)17-41-25-8-6-7-18(2)23(25)15-32/h6-13,20,33,35,37H,5,14,16-17H2,1-4H3/t20-/m0/s1. The largest absolute Gasteiger partial charge is 0.492 e. The van der Waals surface area contributed by atoms with Gasteiger partial charge in [-0.05, 0) is 74.4 Å². The molecular formula is C28H32F3N5O6S. The van der Waals surface area contributed by atoms with Crippen molar-refractivity contribution in [2.24, 2.45) is 0 Å². The number of β-amino-alcohol motifs (C(OH)–C–C–N with tert-alkyl or cyclic N) is 1. The zero-order valence-electron chi connectivity index (χ0n) is 23.9. The molecule has 3 rings (SSSR count). The molecule has 232 valence electrons. The molecule has 2 aromatic carbocycles. The summed E-state index contributed by atoms with van der Waals surface area (Å²) in [5.41, 5.74) is 2.16. The van der Waals surface area contributed by atoms with Crippen molar-refractivity contribution in [1.29, 1.82) is 5.26 Å². The van der Waals surface area contributed by atoms with Gasteiger partial charge in [0.1, 0.15) is 24.5 Å². The van der Waals surface area contributed by atoms with E-state index in [1.807, 2.05) is 20.8 Å². The Bertz CT molecular complexity index is 1600. The summed E-state index contributed by atoms with van der Waals surface area (Å²) in [5.74, 6) is -2.34. The molecule has 3 N–H and O–H groups in total. The number of aryl methyl sites for hydroxylation is 2. The first-order chi connectivity index (χ1) is 20.1. The average Bonchev–Trinajstić information content (AvgIpc) is 3.42. The average molecular weight is 624 g/mol. The zero-order valence-corrected chi connectivity index (χ0v) is 24.7. The fourth-order valence-electron chi connectivity index (χ4n) is 4.21. The van der Waals surface area contributed by atoms with Crippen LogP contribution in [0.15, 0.2) is 53.6 Å². The molecule has 0 amide bonds. The summed E-state index contributed by atoms with van der Waals surface area (Å²) in [6.45, 7) is 7.87. The number of rotatable bonds is 13. The predicted molar refractivity (Wildman–Crippen MR) is 149 cm³/mol. The number of aliphatic hydroxyl groups is 1. The van der Waals surface area contributed by atoms with Crippen molar-refractivity contribution in [3.63, 3.8) is 0 Å². The number of benzene rings is 2. The number of nitrogens with one attached hydrogen (secondary N) is 2. The SMILES string of the molecule is CCn1nccc1-c1cc(S(=O)(=O)NOC(=O)C(F)(F)F)ccc1CC(C)(C)NC[C@H](O)COc1cccc(C)c1C#N. The number of hydrogen-bond acceptors (Lipinski definition) is 9. The quantitative estimate of drug-likeness (QED) is 0.243. The van der Waals surface area contributed by atoms with Crippen LogP contribution in [0.5, 0.6) is 5.75 Å². The van der Waals surface area contributed by atoms with Gasteiger partial charge < -0.3 is 20.0 Å². The number of nitriles is 1. The zero-order chi connectivity index (χ0) is 32.0. The third-order valence-electron chi connectivity index (χ3n) is 6.39. The van der Waals surface area contributed by atoms with Gasteiger partial charge in [0.2, 0.25) is 0 Å². The maximum Gasteiger partial charge on any atom is 0.492 e. The highest BCUT2D eigenvalue weighted by atomic mass is 32.2. The number of hydrogen-bond donors (Lipinski definition) is 3. The lowest BCUT2D eigenvalue weighted by atomic mass is 9.90. The molecule has 0 aliphatic carbocycles. The molecule has 0 aliphatic rings. The van der Waals surface area contributed by atoms with Crippen LogP contribution in [0.2, 0.25) is 0 Å². The van der Waals surface area contributed by atoms with E-state index in [-0.39, 0.29) is 13.2 Å². The minimum Gasteiger partial charge on any atom is -0.489 e. The number of aromatic nitrogens is 2. The van der Waals surface area contributed by atoms with Gasteiger partial charge in [0.25, 0.3) is 10.0 Å². The van der Waals surface area contributed by atoms with E-state index in [1.54, 1.807) is 35.9 Å². The number of alkyl halides is 3. The lowest BCUT2D eigenvalue weighted by Gasteiger charge is -2.29. The Morgan fingerprint density at radius 1 is 1.21 bits per heavy atom. The Balaban J connectivity index is 1.78. The number of carbonyl (C=O) groups is 1. The molecule has 0 saturated heterocycles. The maximum atomic E-state index is 12.7. The highest BCUT2D eigenvalue weighted by molar-refractivity contribution is 7.89. The second-order valence-electron chi connectivity index (χ2n) is 10.3. The molecular weight excluding hydrogens is 591 g/mol. The fraction of sp³-hybridized carbons (Fsp3) is 0.393. The Morgan fingerprint density at radius 2 is 1.93 bits per heavy atom. The van der Waals surface area contributed by atoms with Crippen LogP contribution in [0, 0.1) is 18.3 Å². The van der Waals surface area contributed by atoms with Gasteiger partial charge in [-0.15, -0.1) is 0 Å². The molecule has 0 radical (unpaired) electrons. The molecule has 15 heteroatoms. The predicted octanol–water partition coefficient (Wildman–Crippen LogP) is 3.40. The van der Waals surface area contributed by atoms with E-state index in [2.05, 4.69) is 21.3 Å². The summed E-state index contributed by atoms with van der Waals surface area (Å²) >= 11 is 0. The van der Waals surface area contributed by atoms with Crippen LogP contribution < -0.4 is 14.9 Å². The molecule has 1 atom stereocenters. The van der Waals surface area contributed by atoms with Gasteiger partial charge in [-0.3, -0.25) is 4.68 Å². The van der Waals surface area contributed by atoms with Crippen molar-refractivity contribution in [1.82, 2.24) is 20.0 Å². The first kappa shape index (κ1) is 33.5. The van der Waals surface area contributed by atoms with E-state index in [0.29, 0.717) is 41.1 Å². The van der Waals surface area contributed by atoms with Crippen molar-refractivity contribution in [2.45, 2.75) is 63.4 Å². The van der Waals surface area contributed by atoms with Crippen molar-refractivity contribution >= 4 is 16.0 Å². The summed E-state index contributed by atoms with van der Waals surface area (Å²) in [4.78, 5) is 15.6. The van der Waals surface area contributed by atoms with Crippen LogP contribution >= 0.6 is 0 Å². The number of aliphatic hydroxyl groups excluding tert-OH is 1. The maximum absolute atomic E-state index is 12.7. The monoisotopic (exact) mass is 623 g/mol. The van der Waals surface area contributed by atoms with Crippen molar-refractivity contribution < 1.29 is 41.1 Å². The Labute approximate surface area is 247 Å². The first-order valence-corrected chi connectivity index (χ1v) is 14.6. The van der Waals surface area contributed by atoms with Crippen LogP contribution in [-0.2, 0) is 32.6 Å². The molecule has 0 bridgehead atoms. The van der Waals surface area contributed by atoms with Crippen molar-refractivity contribution in [3.05, 3.63) is 65.4 Å². The second-order valence-corrected chi connectivity index (χ2v) is 11.9. The van der Waals surface area contributed by atoms with E-state index in [0.717, 1.165) is 5.56 Å². The van der Waals surface area contributed by atoms with Gasteiger partial charge in [-0.2, -0.15) is 23.5 Å². The van der Waals surface area contributed by atoms with Crippen LogP contribution in [0.3, 0.4) is 0 Å². The normalized spacial score (nSPS) is 12.9. The van der Waals surface area contributed by atoms with Crippen molar-refractivity contribution in [3.8, 4) is 23.1 Å². The van der Waals surface area contributed by atoms with Gasteiger partial charge in [0, 0.05) is 30.4 Å². The molecule has 0 saturated carbocycles. The van der Waals surface area contributed by atoms with E-state index in [9.17, 15) is 36.8 Å². The van der Waals surface area contributed by atoms with Crippen LogP contribution in [0.4, 0.5) is 13.2 Å². The lowest BCUT2D eigenvalue weighted by molar-refractivity contribution is -0.203. The van der Waals surface area contributed by atoms with Gasteiger partial charge in [0.05, 0.1) is 16.2 Å². The lowest BCUT2D eigenvalue weighted by Crippen LogP contribution is -2.46. The first-order valence-electron chi connectivity index (χ1n) is 13.1. The smallest absolute Gasteiger partial charge is 0.489 e. The number of nitrogens with zero attached hydrogens (tertiary/aromatic N) is 3. The van der Waals surface area contributed by atoms with Crippen LogP contribution in [0.25, 0.3) is 11.3 Å². The van der Waals surface area contributed by atoms with Gasteiger partial charge >= 0.3 is 12.1 Å². The highest BCUT2D eigenvalue weighted by Crippen LogP contribution is 2.30.